The summed E-state index contributed by atoms with van der Waals surface area (Å²) in [5, 5.41) is 13.8. The Kier molecular flexibility index (Phi) is 4.78. The van der Waals surface area contributed by atoms with E-state index in [0.717, 1.165) is 24.8 Å². The normalized spacial score (nSPS) is 26.4. The molecule has 4 nitrogen and oxygen atoms in total. The Morgan fingerprint density at radius 2 is 2.25 bits per heavy atom. The molecule has 0 saturated heterocycles. The first-order chi connectivity index (χ1) is 9.50. The summed E-state index contributed by atoms with van der Waals surface area (Å²) in [6, 6.07) is 7.32. The smallest absolute Gasteiger partial charge is 0.249 e. The molecular weight excluding hydrogens is 252 g/mol. The first-order valence-electron chi connectivity index (χ1n) is 7.31. The highest BCUT2D eigenvalue weighted by Crippen LogP contribution is 2.31. The molecule has 1 saturated carbocycles. The number of nitrogens with one attached hydrogen (secondary N) is 1. The number of amides is 1. The van der Waals surface area contributed by atoms with Crippen molar-refractivity contribution in [1.29, 1.82) is 0 Å². The molecule has 1 amide bonds. The Hall–Kier alpha value is -1.39. The van der Waals surface area contributed by atoms with Crippen molar-refractivity contribution in [3.63, 3.8) is 0 Å². The van der Waals surface area contributed by atoms with Crippen LogP contribution in [-0.2, 0) is 6.54 Å². The Balaban J connectivity index is 1.91. The highest BCUT2D eigenvalue weighted by atomic mass is 16.3. The molecule has 0 radical (unpaired) electrons. The van der Waals surface area contributed by atoms with E-state index in [2.05, 4.69) is 12.2 Å². The quantitative estimate of drug-likeness (QED) is 0.768. The Labute approximate surface area is 120 Å². The second-order valence-corrected chi connectivity index (χ2v) is 6.05. The average molecular weight is 276 g/mol. The monoisotopic (exact) mass is 276 g/mol. The molecule has 2 rings (SSSR count). The van der Waals surface area contributed by atoms with E-state index in [-0.39, 0.29) is 0 Å². The van der Waals surface area contributed by atoms with Crippen LogP contribution in [0.2, 0.25) is 0 Å². The number of rotatable bonds is 5. The highest BCUT2D eigenvalue weighted by Gasteiger charge is 2.32. The lowest BCUT2D eigenvalue weighted by atomic mass is 9.79. The first-order valence-corrected chi connectivity index (χ1v) is 7.31. The summed E-state index contributed by atoms with van der Waals surface area (Å²) in [6.45, 7) is 3.30. The number of nitrogens with two attached hydrogens (primary N) is 1. The molecule has 4 N–H and O–H groups in total. The molecule has 0 bridgehead atoms. The zero-order valence-electron chi connectivity index (χ0n) is 12.1. The molecule has 1 aromatic carbocycles. The van der Waals surface area contributed by atoms with Gasteiger partial charge in [0, 0.05) is 18.7 Å². The maximum absolute atomic E-state index is 11.3. The van der Waals surface area contributed by atoms with Gasteiger partial charge in [-0.2, -0.15) is 0 Å². The zero-order valence-corrected chi connectivity index (χ0v) is 12.1. The van der Waals surface area contributed by atoms with Crippen molar-refractivity contribution < 1.29 is 9.90 Å². The van der Waals surface area contributed by atoms with Gasteiger partial charge >= 0.3 is 0 Å². The molecule has 0 spiro atoms. The number of carbonyl (C=O) groups is 1. The van der Waals surface area contributed by atoms with Crippen molar-refractivity contribution in [3.05, 3.63) is 35.4 Å². The SMILES string of the molecule is CC1CCCC(O)(CNCc2ccccc2C(N)=O)C1. The minimum atomic E-state index is -0.612. The van der Waals surface area contributed by atoms with Crippen molar-refractivity contribution >= 4 is 5.91 Å². The van der Waals surface area contributed by atoms with E-state index in [0.29, 0.717) is 24.6 Å². The van der Waals surface area contributed by atoms with Crippen LogP contribution in [0.3, 0.4) is 0 Å². The predicted molar refractivity (Wildman–Crippen MR) is 79.2 cm³/mol. The Morgan fingerprint density at radius 1 is 1.50 bits per heavy atom. The van der Waals surface area contributed by atoms with Crippen LogP contribution in [0.15, 0.2) is 24.3 Å². The van der Waals surface area contributed by atoms with Crippen molar-refractivity contribution in [3.8, 4) is 0 Å². The summed E-state index contributed by atoms with van der Waals surface area (Å²) in [6.07, 6.45) is 3.98. The van der Waals surface area contributed by atoms with Gasteiger partial charge in [-0.25, -0.2) is 0 Å². The van der Waals surface area contributed by atoms with Gasteiger partial charge in [-0.15, -0.1) is 0 Å². The predicted octanol–water partition coefficient (Wildman–Crippen LogP) is 1.82. The molecule has 20 heavy (non-hydrogen) atoms. The van der Waals surface area contributed by atoms with Crippen molar-refractivity contribution in [2.24, 2.45) is 11.7 Å². The molecule has 4 heteroatoms. The molecule has 1 aliphatic carbocycles. The van der Waals surface area contributed by atoms with Crippen LogP contribution in [0.5, 0.6) is 0 Å². The number of hydrogen-bond acceptors (Lipinski definition) is 3. The van der Waals surface area contributed by atoms with Crippen LogP contribution in [0.1, 0.15) is 48.5 Å². The standard InChI is InChI=1S/C16H24N2O2/c1-12-5-4-8-16(20,9-12)11-18-10-13-6-2-3-7-14(13)15(17)19/h2-3,6-7,12,18,20H,4-5,8-11H2,1H3,(H2,17,19). The molecule has 1 aliphatic rings. The van der Waals surface area contributed by atoms with Gasteiger partial charge in [-0.3, -0.25) is 4.79 Å². The van der Waals surface area contributed by atoms with Gasteiger partial charge in [0.15, 0.2) is 0 Å². The van der Waals surface area contributed by atoms with E-state index in [4.69, 9.17) is 5.73 Å². The van der Waals surface area contributed by atoms with E-state index < -0.39 is 11.5 Å². The number of aliphatic hydroxyl groups is 1. The fourth-order valence-electron chi connectivity index (χ4n) is 3.14. The maximum atomic E-state index is 11.3. The summed E-state index contributed by atoms with van der Waals surface area (Å²) in [5.74, 6) is 0.167. The van der Waals surface area contributed by atoms with Crippen LogP contribution in [-0.4, -0.2) is 23.2 Å². The third-order valence-corrected chi connectivity index (χ3v) is 4.12. The fraction of sp³-hybridized carbons (Fsp3) is 0.562. The second kappa shape index (κ2) is 6.37. The lowest BCUT2D eigenvalue weighted by molar-refractivity contribution is -0.0119. The largest absolute Gasteiger partial charge is 0.389 e. The van der Waals surface area contributed by atoms with Gasteiger partial charge in [0.05, 0.1) is 5.60 Å². The minimum absolute atomic E-state index is 0.410. The molecule has 0 aromatic heterocycles. The van der Waals surface area contributed by atoms with E-state index in [1.54, 1.807) is 12.1 Å². The first kappa shape index (κ1) is 15.0. The van der Waals surface area contributed by atoms with Gasteiger partial charge in [-0.1, -0.05) is 38.0 Å². The average Bonchev–Trinajstić information content (AvgIpc) is 2.38. The van der Waals surface area contributed by atoms with Gasteiger partial charge < -0.3 is 16.2 Å². The third kappa shape index (κ3) is 3.81. The number of benzene rings is 1. The molecule has 110 valence electrons. The zero-order chi connectivity index (χ0) is 14.6. The fourth-order valence-corrected chi connectivity index (χ4v) is 3.14. The van der Waals surface area contributed by atoms with Crippen LogP contribution in [0.25, 0.3) is 0 Å². The Bertz CT molecular complexity index is 475. The van der Waals surface area contributed by atoms with E-state index in [9.17, 15) is 9.90 Å². The Morgan fingerprint density at radius 3 is 2.95 bits per heavy atom. The molecule has 2 unspecified atom stereocenters. The summed E-state index contributed by atoms with van der Waals surface area (Å²) >= 11 is 0. The lowest BCUT2D eigenvalue weighted by Gasteiger charge is -2.35. The van der Waals surface area contributed by atoms with E-state index in [1.165, 1.54) is 6.42 Å². The molecule has 1 aromatic rings. The van der Waals surface area contributed by atoms with Gasteiger partial charge in [0.1, 0.15) is 0 Å². The molecule has 0 heterocycles. The van der Waals surface area contributed by atoms with Gasteiger partial charge in [0.2, 0.25) is 5.91 Å². The van der Waals surface area contributed by atoms with Crippen LogP contribution in [0.4, 0.5) is 0 Å². The molecule has 2 atom stereocenters. The number of hydrogen-bond donors (Lipinski definition) is 3. The number of carbonyl (C=O) groups excluding carboxylic acids is 1. The summed E-state index contributed by atoms with van der Waals surface area (Å²) in [4.78, 5) is 11.3. The van der Waals surface area contributed by atoms with Gasteiger partial charge in [0.25, 0.3) is 0 Å². The lowest BCUT2D eigenvalue weighted by Crippen LogP contribution is -2.43. The van der Waals surface area contributed by atoms with Crippen LogP contribution < -0.4 is 11.1 Å². The van der Waals surface area contributed by atoms with Gasteiger partial charge in [-0.05, 0) is 30.4 Å². The van der Waals surface area contributed by atoms with E-state index in [1.807, 2.05) is 12.1 Å². The van der Waals surface area contributed by atoms with Crippen LogP contribution in [0, 0.1) is 5.92 Å². The highest BCUT2D eigenvalue weighted by molar-refractivity contribution is 5.94. The van der Waals surface area contributed by atoms with Crippen molar-refractivity contribution in [2.45, 2.75) is 44.8 Å². The molecule has 1 fully saturated rings. The molecule has 0 aliphatic heterocycles. The van der Waals surface area contributed by atoms with Crippen LogP contribution >= 0.6 is 0 Å². The van der Waals surface area contributed by atoms with Crippen molar-refractivity contribution in [1.82, 2.24) is 5.32 Å². The summed E-state index contributed by atoms with van der Waals surface area (Å²) in [7, 11) is 0. The topological polar surface area (TPSA) is 75.3 Å². The maximum Gasteiger partial charge on any atom is 0.249 e. The van der Waals surface area contributed by atoms with Crippen molar-refractivity contribution in [2.75, 3.05) is 6.54 Å². The third-order valence-electron chi connectivity index (χ3n) is 4.12. The van der Waals surface area contributed by atoms with E-state index >= 15 is 0 Å². The second-order valence-electron chi connectivity index (χ2n) is 6.05. The number of primary amides is 1. The summed E-state index contributed by atoms with van der Waals surface area (Å²) in [5.41, 5.74) is 6.17. The minimum Gasteiger partial charge on any atom is -0.389 e. The molecular formula is C16H24N2O2. The summed E-state index contributed by atoms with van der Waals surface area (Å²) < 4.78 is 0.